The fourth-order valence-electron chi connectivity index (χ4n) is 4.64. The van der Waals surface area contributed by atoms with Crippen LogP contribution in [0.4, 0.5) is 17.6 Å². The van der Waals surface area contributed by atoms with Crippen molar-refractivity contribution in [2.24, 2.45) is 5.92 Å². The van der Waals surface area contributed by atoms with Gasteiger partial charge in [0.05, 0.1) is 5.56 Å². The summed E-state index contributed by atoms with van der Waals surface area (Å²) < 4.78 is 52.5. The van der Waals surface area contributed by atoms with E-state index in [1.165, 1.54) is 11.1 Å². The van der Waals surface area contributed by atoms with Gasteiger partial charge >= 0.3 is 6.18 Å². The van der Waals surface area contributed by atoms with Crippen molar-refractivity contribution in [3.05, 3.63) is 93.1 Å². The van der Waals surface area contributed by atoms with E-state index in [9.17, 15) is 22.4 Å². The molecule has 0 aromatic heterocycles. The minimum absolute atomic E-state index is 0.0330. The summed E-state index contributed by atoms with van der Waals surface area (Å²) in [7, 11) is 0. The lowest BCUT2D eigenvalue weighted by atomic mass is 9.82. The fraction of sp³-hybridized carbons (Fsp3) is 0.192. The third kappa shape index (κ3) is 3.38. The van der Waals surface area contributed by atoms with Gasteiger partial charge in [0.2, 0.25) is 0 Å². The standard InChI is InChI=1S/C26H18F4O/c27-24-14-18(9-12-23(24)26(28,29)30)25(31)17-6-5-16-8-10-20-19-4-2-1-3-15(19)7-11-21(20)22(16)13-17/h1-4,8-14,17H,5-7H2. The van der Waals surface area contributed by atoms with E-state index in [1.807, 2.05) is 18.2 Å². The van der Waals surface area contributed by atoms with Gasteiger partial charge in [-0.25, -0.2) is 4.39 Å². The Hall–Kier alpha value is -3.21. The summed E-state index contributed by atoms with van der Waals surface area (Å²) in [5.41, 5.74) is 3.30. The normalized spacial score (nSPS) is 17.0. The number of hydrogen-bond acceptors (Lipinski definition) is 1. The first-order chi connectivity index (χ1) is 14.8. The first-order valence-electron chi connectivity index (χ1n) is 10.2. The van der Waals surface area contributed by atoms with Crippen LogP contribution < -0.4 is 10.4 Å². The molecule has 2 aliphatic carbocycles. The molecule has 0 saturated heterocycles. The van der Waals surface area contributed by atoms with Gasteiger partial charge in [-0.1, -0.05) is 54.6 Å². The maximum atomic E-state index is 14.0. The second-order valence-corrected chi connectivity index (χ2v) is 8.03. The van der Waals surface area contributed by atoms with Crippen molar-refractivity contribution in [3.8, 4) is 11.1 Å². The Kier molecular flexibility index (Phi) is 4.58. The Bertz CT molecular complexity index is 1330. The van der Waals surface area contributed by atoms with Gasteiger partial charge in [-0.3, -0.25) is 4.79 Å². The van der Waals surface area contributed by atoms with Crippen molar-refractivity contribution in [1.29, 1.82) is 0 Å². The van der Waals surface area contributed by atoms with Crippen LogP contribution in [0.15, 0.2) is 54.6 Å². The van der Waals surface area contributed by atoms with Gasteiger partial charge in [0, 0.05) is 11.5 Å². The summed E-state index contributed by atoms with van der Waals surface area (Å²) in [6.07, 6.45) is 1.32. The molecule has 0 saturated carbocycles. The molecule has 2 aliphatic rings. The molecule has 156 valence electrons. The molecule has 0 spiro atoms. The molecule has 3 aromatic carbocycles. The molecule has 0 aliphatic heterocycles. The molecule has 31 heavy (non-hydrogen) atoms. The van der Waals surface area contributed by atoms with Crippen molar-refractivity contribution < 1.29 is 22.4 Å². The first kappa shape index (κ1) is 19.7. The summed E-state index contributed by atoms with van der Waals surface area (Å²) in [6, 6.07) is 14.8. The van der Waals surface area contributed by atoms with Crippen LogP contribution in [0.5, 0.6) is 0 Å². The number of halogens is 4. The maximum absolute atomic E-state index is 14.0. The van der Waals surface area contributed by atoms with Crippen LogP contribution in [-0.4, -0.2) is 5.78 Å². The second-order valence-electron chi connectivity index (χ2n) is 8.03. The summed E-state index contributed by atoms with van der Waals surface area (Å²) in [4.78, 5) is 13.0. The SMILES string of the molecule is O=C(c1ccc(C(F)(F)F)c(F)c1)C1C=c2c(ccc3c2=CCc2ccccc2-3)CC1. The number of carbonyl (C=O) groups excluding carboxylic acids is 1. The van der Waals surface area contributed by atoms with Crippen LogP contribution in [0.3, 0.4) is 0 Å². The predicted octanol–water partition coefficient (Wildman–Crippen LogP) is 5.07. The Morgan fingerprint density at radius 2 is 1.71 bits per heavy atom. The van der Waals surface area contributed by atoms with Crippen molar-refractivity contribution in [2.45, 2.75) is 25.4 Å². The van der Waals surface area contributed by atoms with Crippen molar-refractivity contribution in [1.82, 2.24) is 0 Å². The molecular formula is C26H18F4O. The number of carbonyl (C=O) groups is 1. The number of hydrogen-bond donors (Lipinski definition) is 0. The first-order valence-corrected chi connectivity index (χ1v) is 10.2. The smallest absolute Gasteiger partial charge is 0.294 e. The van der Waals surface area contributed by atoms with Crippen molar-refractivity contribution in [2.75, 3.05) is 0 Å². The molecule has 5 rings (SSSR count). The Morgan fingerprint density at radius 3 is 2.48 bits per heavy atom. The highest BCUT2D eigenvalue weighted by atomic mass is 19.4. The second kappa shape index (κ2) is 7.19. The van der Waals surface area contributed by atoms with Crippen LogP contribution in [0.2, 0.25) is 0 Å². The molecule has 0 fully saturated rings. The number of ketones is 1. The van der Waals surface area contributed by atoms with E-state index >= 15 is 0 Å². The minimum atomic E-state index is -4.78. The number of alkyl halides is 3. The fourth-order valence-corrected chi connectivity index (χ4v) is 4.64. The van der Waals surface area contributed by atoms with E-state index < -0.39 is 23.5 Å². The van der Waals surface area contributed by atoms with Crippen LogP contribution in [0.25, 0.3) is 23.3 Å². The Balaban J connectivity index is 1.56. The van der Waals surface area contributed by atoms with Gasteiger partial charge in [-0.15, -0.1) is 0 Å². The molecule has 1 unspecified atom stereocenters. The third-order valence-electron chi connectivity index (χ3n) is 6.20. The lowest BCUT2D eigenvalue weighted by molar-refractivity contribution is -0.140. The lowest BCUT2D eigenvalue weighted by Crippen LogP contribution is -2.37. The van der Waals surface area contributed by atoms with Gasteiger partial charge in [-0.2, -0.15) is 13.2 Å². The van der Waals surface area contributed by atoms with E-state index in [4.69, 9.17) is 0 Å². The Labute approximate surface area is 176 Å². The zero-order chi connectivity index (χ0) is 21.8. The van der Waals surface area contributed by atoms with Crippen LogP contribution >= 0.6 is 0 Å². The molecule has 0 N–H and O–H groups in total. The highest BCUT2D eigenvalue weighted by molar-refractivity contribution is 6.01. The van der Waals surface area contributed by atoms with Gasteiger partial charge in [0.1, 0.15) is 5.82 Å². The Morgan fingerprint density at radius 1 is 0.903 bits per heavy atom. The highest BCUT2D eigenvalue weighted by Gasteiger charge is 2.34. The number of fused-ring (bicyclic) bond motifs is 5. The molecule has 1 atom stereocenters. The number of rotatable bonds is 2. The average molecular weight is 422 g/mol. The molecular weight excluding hydrogens is 404 g/mol. The molecule has 1 nitrogen and oxygen atoms in total. The summed E-state index contributed by atoms with van der Waals surface area (Å²) in [5.74, 6) is -2.27. The number of aryl methyl sites for hydroxylation is 1. The average Bonchev–Trinajstić information content (AvgIpc) is 2.76. The van der Waals surface area contributed by atoms with E-state index in [2.05, 4.69) is 30.3 Å². The molecule has 0 radical (unpaired) electrons. The van der Waals surface area contributed by atoms with E-state index in [0.717, 1.165) is 34.1 Å². The maximum Gasteiger partial charge on any atom is 0.419 e. The lowest BCUT2D eigenvalue weighted by Gasteiger charge is -2.21. The zero-order valence-corrected chi connectivity index (χ0v) is 16.5. The largest absolute Gasteiger partial charge is 0.419 e. The minimum Gasteiger partial charge on any atom is -0.294 e. The van der Waals surface area contributed by atoms with E-state index in [1.54, 1.807) is 0 Å². The quantitative estimate of drug-likeness (QED) is 0.416. The van der Waals surface area contributed by atoms with E-state index in [0.29, 0.717) is 25.0 Å². The van der Waals surface area contributed by atoms with Crippen LogP contribution in [0.1, 0.15) is 33.5 Å². The topological polar surface area (TPSA) is 17.1 Å². The molecule has 0 amide bonds. The van der Waals surface area contributed by atoms with Gasteiger partial charge in [-0.05, 0) is 64.1 Å². The van der Waals surface area contributed by atoms with Crippen LogP contribution in [-0.2, 0) is 19.0 Å². The number of benzene rings is 3. The van der Waals surface area contributed by atoms with Gasteiger partial charge in [0.25, 0.3) is 0 Å². The molecule has 0 bridgehead atoms. The van der Waals surface area contributed by atoms with E-state index in [-0.39, 0.29) is 11.3 Å². The van der Waals surface area contributed by atoms with Gasteiger partial charge < -0.3 is 0 Å². The predicted molar refractivity (Wildman–Crippen MR) is 111 cm³/mol. The summed E-state index contributed by atoms with van der Waals surface area (Å²) >= 11 is 0. The van der Waals surface area contributed by atoms with Crippen molar-refractivity contribution >= 4 is 17.9 Å². The molecule has 5 heteroatoms. The monoisotopic (exact) mass is 422 g/mol. The zero-order valence-electron chi connectivity index (χ0n) is 16.5. The molecule has 3 aromatic rings. The number of Topliss-reactive ketones (excluding diaryl/α,β-unsaturated/α-hetero) is 1. The highest BCUT2D eigenvalue weighted by Crippen LogP contribution is 2.32. The van der Waals surface area contributed by atoms with Crippen molar-refractivity contribution in [3.63, 3.8) is 0 Å². The summed E-state index contributed by atoms with van der Waals surface area (Å²) in [5, 5.41) is 2.09. The third-order valence-corrected chi connectivity index (χ3v) is 6.20. The summed E-state index contributed by atoms with van der Waals surface area (Å²) in [6.45, 7) is 0. The van der Waals surface area contributed by atoms with Crippen LogP contribution in [0, 0.1) is 11.7 Å². The molecule has 0 heterocycles. The van der Waals surface area contributed by atoms with Gasteiger partial charge in [0.15, 0.2) is 5.78 Å².